The molecule has 0 spiro atoms. The first-order valence-corrected chi connectivity index (χ1v) is 14.0. The molecule has 45 heavy (non-hydrogen) atoms. The molecule has 5 rings (SSSR count). The minimum Gasteiger partial charge on any atom is -0.507 e. The molecule has 0 aliphatic heterocycles. The Morgan fingerprint density at radius 2 is 1.78 bits per heavy atom. The van der Waals surface area contributed by atoms with Crippen LogP contribution in [-0.2, 0) is 12.7 Å². The summed E-state index contributed by atoms with van der Waals surface area (Å²) in [5.74, 6) is -0.735. The van der Waals surface area contributed by atoms with Crippen LogP contribution in [0.5, 0.6) is 5.75 Å². The number of para-hydroxylation sites is 1. The lowest BCUT2D eigenvalue weighted by atomic mass is 9.96. The molecule has 2 aromatic heterocycles. The van der Waals surface area contributed by atoms with Crippen LogP contribution in [0, 0.1) is 18.3 Å². The fourth-order valence-corrected chi connectivity index (χ4v) is 5.36. The molecule has 0 saturated carbocycles. The molecule has 0 fully saturated rings. The standard InChI is InChI=1S/C32H22Cl2F3N5O3/c1-17-26(15-39-42(17)21-6-4-3-5-7-21)31(45)41(2)16-18-10-20(33)12-24(29(18)43)28-13-22(25(14-38)30(44)40-28)23-11-19(32(35,36)37)8-9-27(23)34/h3-13,15,43H,16H2,1-2H3,(H,40,44). The van der Waals surface area contributed by atoms with Gasteiger partial charge < -0.3 is 15.0 Å². The van der Waals surface area contributed by atoms with E-state index in [0.29, 0.717) is 11.3 Å². The van der Waals surface area contributed by atoms with Crippen molar-refractivity contribution in [1.29, 1.82) is 5.26 Å². The number of aromatic hydroxyl groups is 1. The smallest absolute Gasteiger partial charge is 0.416 e. The normalized spacial score (nSPS) is 11.3. The molecular weight excluding hydrogens is 630 g/mol. The quantitative estimate of drug-likeness (QED) is 0.199. The molecule has 13 heteroatoms. The van der Waals surface area contributed by atoms with Gasteiger partial charge in [0, 0.05) is 45.9 Å². The van der Waals surface area contributed by atoms with Crippen molar-refractivity contribution in [2.45, 2.75) is 19.6 Å². The minimum absolute atomic E-state index is 0.0114. The summed E-state index contributed by atoms with van der Waals surface area (Å²) in [6, 6.07) is 17.5. The largest absolute Gasteiger partial charge is 0.507 e. The van der Waals surface area contributed by atoms with Crippen LogP contribution in [0.25, 0.3) is 28.1 Å². The van der Waals surface area contributed by atoms with E-state index in [1.807, 2.05) is 30.3 Å². The van der Waals surface area contributed by atoms with Gasteiger partial charge >= 0.3 is 6.18 Å². The Hall–Kier alpha value is -5.05. The monoisotopic (exact) mass is 651 g/mol. The van der Waals surface area contributed by atoms with E-state index >= 15 is 0 Å². The van der Waals surface area contributed by atoms with E-state index in [-0.39, 0.29) is 56.2 Å². The van der Waals surface area contributed by atoms with Crippen LogP contribution in [-0.4, -0.2) is 37.7 Å². The number of H-pyrrole nitrogens is 1. The summed E-state index contributed by atoms with van der Waals surface area (Å²) >= 11 is 12.6. The highest BCUT2D eigenvalue weighted by Crippen LogP contribution is 2.40. The van der Waals surface area contributed by atoms with Gasteiger partial charge in [-0.25, -0.2) is 4.68 Å². The van der Waals surface area contributed by atoms with E-state index in [0.717, 1.165) is 23.9 Å². The van der Waals surface area contributed by atoms with Crippen LogP contribution in [0.3, 0.4) is 0 Å². The zero-order valence-electron chi connectivity index (χ0n) is 23.6. The molecule has 0 saturated heterocycles. The van der Waals surface area contributed by atoms with Gasteiger partial charge in [0.25, 0.3) is 11.5 Å². The summed E-state index contributed by atoms with van der Waals surface area (Å²) in [6.07, 6.45) is -3.26. The number of hydrogen-bond acceptors (Lipinski definition) is 5. The maximum atomic E-state index is 13.5. The van der Waals surface area contributed by atoms with Crippen LogP contribution in [0.4, 0.5) is 13.2 Å². The maximum Gasteiger partial charge on any atom is 0.416 e. The lowest BCUT2D eigenvalue weighted by molar-refractivity contribution is -0.137. The Labute approximate surface area is 264 Å². The zero-order valence-corrected chi connectivity index (χ0v) is 25.1. The Morgan fingerprint density at radius 3 is 2.44 bits per heavy atom. The number of nitrogens with one attached hydrogen (secondary N) is 1. The number of nitrogens with zero attached hydrogens (tertiary/aromatic N) is 4. The number of carbonyl (C=O) groups is 1. The Kier molecular flexibility index (Phi) is 8.47. The predicted molar refractivity (Wildman–Crippen MR) is 163 cm³/mol. The Bertz CT molecular complexity index is 2050. The molecule has 0 aliphatic rings. The molecular formula is C32H22Cl2F3N5O3. The van der Waals surface area contributed by atoms with Crippen LogP contribution >= 0.6 is 23.2 Å². The van der Waals surface area contributed by atoms with Gasteiger partial charge in [0.05, 0.1) is 34.4 Å². The van der Waals surface area contributed by atoms with Crippen LogP contribution < -0.4 is 5.56 Å². The van der Waals surface area contributed by atoms with Gasteiger partial charge in [-0.1, -0.05) is 41.4 Å². The number of benzene rings is 3. The van der Waals surface area contributed by atoms with Crippen molar-refractivity contribution in [3.63, 3.8) is 0 Å². The minimum atomic E-state index is -4.71. The topological polar surface area (TPSA) is 115 Å². The summed E-state index contributed by atoms with van der Waals surface area (Å²) in [5.41, 5.74) is -0.905. The number of aromatic amines is 1. The van der Waals surface area contributed by atoms with E-state index in [4.69, 9.17) is 23.2 Å². The first-order valence-electron chi connectivity index (χ1n) is 13.2. The number of carbonyl (C=O) groups excluding carboxylic acids is 1. The summed E-state index contributed by atoms with van der Waals surface area (Å²) in [7, 11) is 1.53. The first kappa shape index (κ1) is 31.4. The number of hydrogen-bond donors (Lipinski definition) is 2. The second-order valence-corrected chi connectivity index (χ2v) is 11.0. The molecule has 2 heterocycles. The molecule has 8 nitrogen and oxygen atoms in total. The van der Waals surface area contributed by atoms with Gasteiger partial charge in [-0.2, -0.15) is 23.5 Å². The average Bonchev–Trinajstić information content (AvgIpc) is 3.39. The van der Waals surface area contributed by atoms with Crippen LogP contribution in [0.15, 0.2) is 77.7 Å². The molecule has 0 radical (unpaired) electrons. The number of pyridine rings is 1. The van der Waals surface area contributed by atoms with E-state index in [9.17, 15) is 33.1 Å². The number of phenols is 1. The highest BCUT2D eigenvalue weighted by Gasteiger charge is 2.31. The molecule has 1 amide bonds. The number of rotatable bonds is 6. The summed E-state index contributed by atoms with van der Waals surface area (Å²) in [6.45, 7) is 1.65. The van der Waals surface area contributed by atoms with Gasteiger partial charge in [0.2, 0.25) is 0 Å². The Balaban J connectivity index is 1.53. The molecule has 0 atom stereocenters. The molecule has 0 unspecified atom stereocenters. The van der Waals surface area contributed by atoms with Gasteiger partial charge in [0.15, 0.2) is 0 Å². The second-order valence-electron chi connectivity index (χ2n) is 10.1. The Morgan fingerprint density at radius 1 is 1.07 bits per heavy atom. The molecule has 0 aliphatic carbocycles. The first-order chi connectivity index (χ1) is 21.3. The maximum absolute atomic E-state index is 13.5. The number of phenolic OH excluding ortho intramolecular Hbond substituents is 1. The number of aromatic nitrogens is 3. The summed E-state index contributed by atoms with van der Waals surface area (Å²) in [4.78, 5) is 30.2. The fourth-order valence-electron chi connectivity index (χ4n) is 4.90. The number of nitriles is 1. The molecule has 5 aromatic rings. The highest BCUT2D eigenvalue weighted by atomic mass is 35.5. The van der Waals surface area contributed by atoms with Crippen molar-refractivity contribution in [3.05, 3.63) is 121 Å². The fraction of sp³-hybridized carbons (Fsp3) is 0.125. The van der Waals surface area contributed by atoms with Crippen molar-refractivity contribution in [2.75, 3.05) is 7.05 Å². The van der Waals surface area contributed by atoms with E-state index < -0.39 is 22.9 Å². The van der Waals surface area contributed by atoms with E-state index in [1.165, 1.54) is 36.3 Å². The number of alkyl halides is 3. The zero-order chi connectivity index (χ0) is 32.6. The lowest BCUT2D eigenvalue weighted by Gasteiger charge is -2.20. The van der Waals surface area contributed by atoms with Crippen molar-refractivity contribution < 1.29 is 23.1 Å². The van der Waals surface area contributed by atoms with Crippen molar-refractivity contribution >= 4 is 29.1 Å². The SMILES string of the molecule is Cc1c(C(=O)N(C)Cc2cc(Cl)cc(-c3cc(-c4cc(C(F)(F)F)ccc4Cl)c(C#N)c(=O)[nH]3)c2O)cnn1-c1ccccc1. The summed E-state index contributed by atoms with van der Waals surface area (Å²) < 4.78 is 42.1. The molecule has 3 aromatic carbocycles. The third-order valence-electron chi connectivity index (χ3n) is 7.17. The highest BCUT2D eigenvalue weighted by molar-refractivity contribution is 6.33. The number of halogens is 5. The predicted octanol–water partition coefficient (Wildman–Crippen LogP) is 7.38. The summed E-state index contributed by atoms with van der Waals surface area (Å²) in [5, 5.41) is 25.3. The van der Waals surface area contributed by atoms with Crippen molar-refractivity contribution in [2.24, 2.45) is 0 Å². The molecule has 228 valence electrons. The second kappa shape index (κ2) is 12.1. The molecule has 2 N–H and O–H groups in total. The average molecular weight is 652 g/mol. The van der Waals surface area contributed by atoms with Crippen LogP contribution in [0.1, 0.15) is 32.7 Å². The molecule has 0 bridgehead atoms. The van der Waals surface area contributed by atoms with Crippen molar-refractivity contribution in [1.82, 2.24) is 19.7 Å². The van der Waals surface area contributed by atoms with Gasteiger partial charge in [-0.3, -0.25) is 9.59 Å². The van der Waals surface area contributed by atoms with Crippen LogP contribution in [0.2, 0.25) is 10.0 Å². The van der Waals surface area contributed by atoms with Gasteiger partial charge in [-0.15, -0.1) is 0 Å². The van der Waals surface area contributed by atoms with Gasteiger partial charge in [-0.05, 0) is 55.5 Å². The third-order valence-corrected chi connectivity index (χ3v) is 7.72. The van der Waals surface area contributed by atoms with Crippen molar-refractivity contribution in [3.8, 4) is 39.9 Å². The van der Waals surface area contributed by atoms with Gasteiger partial charge in [0.1, 0.15) is 17.4 Å². The number of amides is 1. The lowest BCUT2D eigenvalue weighted by Crippen LogP contribution is -2.26. The van der Waals surface area contributed by atoms with E-state index in [1.54, 1.807) is 17.7 Å². The van der Waals surface area contributed by atoms with E-state index in [2.05, 4.69) is 10.1 Å². The third kappa shape index (κ3) is 6.16.